The van der Waals surface area contributed by atoms with E-state index in [2.05, 4.69) is 5.32 Å². The summed E-state index contributed by atoms with van der Waals surface area (Å²) in [6.45, 7) is 3.48. The topological polar surface area (TPSA) is 83.1 Å². The van der Waals surface area contributed by atoms with E-state index in [0.717, 1.165) is 0 Å². The van der Waals surface area contributed by atoms with Crippen molar-refractivity contribution in [2.45, 2.75) is 20.0 Å². The summed E-state index contributed by atoms with van der Waals surface area (Å²) in [5.41, 5.74) is 0.495. The van der Waals surface area contributed by atoms with Crippen LogP contribution in [0.2, 0.25) is 0 Å². The first-order valence-electron chi connectivity index (χ1n) is 8.53. The Morgan fingerprint density at radius 1 is 0.963 bits per heavy atom. The van der Waals surface area contributed by atoms with Crippen molar-refractivity contribution in [3.63, 3.8) is 0 Å². The lowest BCUT2D eigenvalue weighted by Gasteiger charge is -2.16. The molecule has 0 bridgehead atoms. The average molecular weight is 373 g/mol. The lowest BCUT2D eigenvalue weighted by atomic mass is 10.2. The Bertz CT molecular complexity index is 777. The molecule has 144 valence electrons. The molecule has 1 atom stereocenters. The van der Waals surface area contributed by atoms with Gasteiger partial charge in [0.2, 0.25) is 0 Å². The van der Waals surface area contributed by atoms with Gasteiger partial charge in [0.05, 0.1) is 19.4 Å². The monoisotopic (exact) mass is 373 g/mol. The summed E-state index contributed by atoms with van der Waals surface area (Å²) >= 11 is 0. The number of para-hydroxylation sites is 4. The number of hydrogen-bond acceptors (Lipinski definition) is 6. The van der Waals surface area contributed by atoms with E-state index in [4.69, 9.17) is 18.9 Å². The van der Waals surface area contributed by atoms with Crippen LogP contribution in [-0.4, -0.2) is 38.3 Å². The molecule has 2 aromatic carbocycles. The minimum Gasteiger partial charge on any atom is -0.495 e. The van der Waals surface area contributed by atoms with Gasteiger partial charge in [0.1, 0.15) is 5.75 Å². The maximum Gasteiger partial charge on any atom is 0.344 e. The summed E-state index contributed by atoms with van der Waals surface area (Å²) in [7, 11) is 1.51. The molecule has 0 fully saturated rings. The number of methoxy groups -OCH3 is 1. The van der Waals surface area contributed by atoms with Crippen LogP contribution in [0.15, 0.2) is 48.5 Å². The molecule has 1 N–H and O–H groups in total. The molecule has 0 heterocycles. The van der Waals surface area contributed by atoms with Crippen molar-refractivity contribution in [1.82, 2.24) is 0 Å². The number of hydrogen-bond donors (Lipinski definition) is 1. The van der Waals surface area contributed by atoms with E-state index >= 15 is 0 Å². The van der Waals surface area contributed by atoms with Crippen molar-refractivity contribution < 1.29 is 28.5 Å². The number of carbonyl (C=O) groups is 2. The van der Waals surface area contributed by atoms with Gasteiger partial charge >= 0.3 is 5.97 Å². The smallest absolute Gasteiger partial charge is 0.344 e. The Morgan fingerprint density at radius 3 is 2.19 bits per heavy atom. The summed E-state index contributed by atoms with van der Waals surface area (Å²) in [6.07, 6.45) is -0.992. The van der Waals surface area contributed by atoms with Crippen LogP contribution in [0.1, 0.15) is 13.8 Å². The number of anilines is 1. The number of esters is 1. The van der Waals surface area contributed by atoms with Gasteiger partial charge in [0, 0.05) is 0 Å². The molecule has 0 saturated carbocycles. The lowest BCUT2D eigenvalue weighted by molar-refractivity contribution is -0.155. The molecular weight excluding hydrogens is 350 g/mol. The molecule has 0 aromatic heterocycles. The Balaban J connectivity index is 1.87. The third kappa shape index (κ3) is 5.91. The first-order valence-corrected chi connectivity index (χ1v) is 8.53. The number of ether oxygens (including phenoxy) is 4. The molecule has 0 aliphatic carbocycles. The molecule has 1 amide bonds. The van der Waals surface area contributed by atoms with E-state index in [1.54, 1.807) is 48.5 Å². The molecule has 27 heavy (non-hydrogen) atoms. The summed E-state index contributed by atoms with van der Waals surface area (Å²) in [5.74, 6) is 0.351. The lowest BCUT2D eigenvalue weighted by Crippen LogP contribution is -2.31. The highest BCUT2D eigenvalue weighted by Gasteiger charge is 2.19. The van der Waals surface area contributed by atoms with E-state index in [-0.39, 0.29) is 6.61 Å². The van der Waals surface area contributed by atoms with Crippen LogP contribution >= 0.6 is 0 Å². The summed E-state index contributed by atoms with van der Waals surface area (Å²) in [5, 5.41) is 2.66. The Kier molecular flexibility index (Phi) is 7.49. The number of benzene rings is 2. The van der Waals surface area contributed by atoms with Crippen molar-refractivity contribution in [3.05, 3.63) is 48.5 Å². The summed E-state index contributed by atoms with van der Waals surface area (Å²) in [6, 6.07) is 14.0. The first kappa shape index (κ1) is 20.1. The van der Waals surface area contributed by atoms with Crippen molar-refractivity contribution in [3.8, 4) is 17.2 Å². The second-order valence-electron chi connectivity index (χ2n) is 5.49. The molecular formula is C20H23NO6. The van der Waals surface area contributed by atoms with Crippen LogP contribution in [0.4, 0.5) is 5.69 Å². The maximum absolute atomic E-state index is 12.2. The molecule has 0 aliphatic rings. The largest absolute Gasteiger partial charge is 0.495 e. The summed E-state index contributed by atoms with van der Waals surface area (Å²) < 4.78 is 21.2. The molecule has 0 radical (unpaired) electrons. The number of carbonyl (C=O) groups excluding carboxylic acids is 2. The SMILES string of the molecule is CCOc1ccccc1OCC(=O)O[C@@H](C)C(=O)Nc1ccccc1OC. The van der Waals surface area contributed by atoms with Crippen molar-refractivity contribution >= 4 is 17.6 Å². The fraction of sp³-hybridized carbons (Fsp3) is 0.300. The van der Waals surface area contributed by atoms with Crippen LogP contribution < -0.4 is 19.5 Å². The van der Waals surface area contributed by atoms with Gasteiger partial charge in [-0.1, -0.05) is 24.3 Å². The van der Waals surface area contributed by atoms with Gasteiger partial charge in [-0.3, -0.25) is 4.79 Å². The zero-order chi connectivity index (χ0) is 19.6. The second kappa shape index (κ2) is 10.1. The van der Waals surface area contributed by atoms with Crippen LogP contribution in [0.25, 0.3) is 0 Å². The highest BCUT2D eigenvalue weighted by atomic mass is 16.6. The Morgan fingerprint density at radius 2 is 1.56 bits per heavy atom. The average Bonchev–Trinajstić information content (AvgIpc) is 2.68. The minimum absolute atomic E-state index is 0.337. The zero-order valence-electron chi connectivity index (χ0n) is 15.6. The van der Waals surface area contributed by atoms with Crippen LogP contribution in [-0.2, 0) is 14.3 Å². The molecule has 0 spiro atoms. The molecule has 0 saturated heterocycles. The van der Waals surface area contributed by atoms with Crippen molar-refractivity contribution in [2.24, 2.45) is 0 Å². The third-order valence-corrected chi connectivity index (χ3v) is 3.54. The zero-order valence-corrected chi connectivity index (χ0v) is 15.6. The van der Waals surface area contributed by atoms with Gasteiger partial charge < -0.3 is 24.3 Å². The number of amides is 1. The fourth-order valence-electron chi connectivity index (χ4n) is 2.25. The predicted octanol–water partition coefficient (Wildman–Crippen LogP) is 3.04. The van der Waals surface area contributed by atoms with E-state index < -0.39 is 18.0 Å². The van der Waals surface area contributed by atoms with E-state index in [1.807, 2.05) is 6.92 Å². The number of nitrogens with one attached hydrogen (secondary N) is 1. The van der Waals surface area contributed by atoms with Gasteiger partial charge in [0.15, 0.2) is 24.2 Å². The molecule has 2 rings (SSSR count). The Labute approximate surface area is 158 Å². The van der Waals surface area contributed by atoms with E-state index in [0.29, 0.717) is 29.5 Å². The highest BCUT2D eigenvalue weighted by Crippen LogP contribution is 2.26. The van der Waals surface area contributed by atoms with Gasteiger partial charge in [-0.25, -0.2) is 4.79 Å². The summed E-state index contributed by atoms with van der Waals surface area (Å²) in [4.78, 5) is 24.2. The van der Waals surface area contributed by atoms with Gasteiger partial charge in [-0.2, -0.15) is 0 Å². The van der Waals surface area contributed by atoms with Crippen LogP contribution in [0.3, 0.4) is 0 Å². The predicted molar refractivity (Wildman–Crippen MR) is 100 cm³/mol. The molecule has 0 aliphatic heterocycles. The molecule has 0 unspecified atom stereocenters. The van der Waals surface area contributed by atoms with Gasteiger partial charge in [-0.05, 0) is 38.1 Å². The minimum atomic E-state index is -0.992. The maximum atomic E-state index is 12.2. The standard InChI is InChI=1S/C20H23NO6/c1-4-25-17-11-7-8-12-18(17)26-13-19(22)27-14(2)20(23)21-15-9-5-6-10-16(15)24-3/h5-12,14H,4,13H2,1-3H3,(H,21,23)/t14-/m0/s1. The quantitative estimate of drug-likeness (QED) is 0.680. The van der Waals surface area contributed by atoms with Gasteiger partial charge in [-0.15, -0.1) is 0 Å². The van der Waals surface area contributed by atoms with Crippen LogP contribution in [0.5, 0.6) is 17.2 Å². The second-order valence-corrected chi connectivity index (χ2v) is 5.49. The Hall–Kier alpha value is -3.22. The molecule has 2 aromatic rings. The van der Waals surface area contributed by atoms with E-state index in [9.17, 15) is 9.59 Å². The van der Waals surface area contributed by atoms with Crippen LogP contribution in [0, 0.1) is 0 Å². The first-order chi connectivity index (χ1) is 13.0. The fourth-order valence-corrected chi connectivity index (χ4v) is 2.25. The van der Waals surface area contributed by atoms with Crippen molar-refractivity contribution in [1.29, 1.82) is 0 Å². The number of rotatable bonds is 9. The third-order valence-electron chi connectivity index (χ3n) is 3.54. The molecule has 7 heteroatoms. The molecule has 7 nitrogen and oxygen atoms in total. The van der Waals surface area contributed by atoms with E-state index in [1.165, 1.54) is 14.0 Å². The highest BCUT2D eigenvalue weighted by molar-refractivity contribution is 5.96. The normalized spacial score (nSPS) is 11.2. The van der Waals surface area contributed by atoms with Crippen molar-refractivity contribution in [2.75, 3.05) is 25.6 Å². The van der Waals surface area contributed by atoms with Gasteiger partial charge in [0.25, 0.3) is 5.91 Å².